The zero-order valence-corrected chi connectivity index (χ0v) is 20.0. The second-order valence-electron chi connectivity index (χ2n) is 8.71. The fraction of sp³-hybridized carbons (Fsp3) is 0.360. The predicted molar refractivity (Wildman–Crippen MR) is 126 cm³/mol. The van der Waals surface area contributed by atoms with E-state index in [0.29, 0.717) is 41.2 Å². The summed E-state index contributed by atoms with van der Waals surface area (Å²) in [5.41, 5.74) is 0.457. The molecule has 34 heavy (non-hydrogen) atoms. The molecule has 1 aliphatic rings. The second-order valence-corrected chi connectivity index (χ2v) is 9.49. The number of halogens is 5. The van der Waals surface area contributed by atoms with E-state index in [0.717, 1.165) is 18.9 Å². The van der Waals surface area contributed by atoms with Crippen molar-refractivity contribution in [1.82, 2.24) is 9.47 Å². The van der Waals surface area contributed by atoms with E-state index < -0.39 is 11.7 Å². The Kier molecular flexibility index (Phi) is 6.97. The van der Waals surface area contributed by atoms with Gasteiger partial charge in [-0.2, -0.15) is 13.2 Å². The van der Waals surface area contributed by atoms with Crippen molar-refractivity contribution in [3.05, 3.63) is 69.3 Å². The monoisotopic (exact) mass is 510 g/mol. The van der Waals surface area contributed by atoms with Crippen LogP contribution < -0.4 is 0 Å². The normalized spacial score (nSPS) is 15.2. The number of aromatic nitrogens is 1. The van der Waals surface area contributed by atoms with Crippen LogP contribution in [0.2, 0.25) is 10.0 Å². The molecule has 1 saturated heterocycles. The minimum absolute atomic E-state index is 0.0860. The Morgan fingerprint density at radius 2 is 1.76 bits per heavy atom. The number of ketones is 1. The first-order valence-corrected chi connectivity index (χ1v) is 11.7. The first kappa shape index (κ1) is 24.6. The lowest BCUT2D eigenvalue weighted by Crippen LogP contribution is -2.39. The minimum Gasteiger partial charge on any atom is -0.343 e. The number of rotatable bonds is 5. The highest BCUT2D eigenvalue weighted by Crippen LogP contribution is 2.36. The van der Waals surface area contributed by atoms with Crippen LogP contribution in [-0.4, -0.2) is 34.2 Å². The summed E-state index contributed by atoms with van der Waals surface area (Å²) in [5, 5.41) is 0.607. The van der Waals surface area contributed by atoms with Crippen molar-refractivity contribution in [2.24, 2.45) is 5.92 Å². The van der Waals surface area contributed by atoms with Gasteiger partial charge in [0.05, 0.1) is 22.7 Å². The van der Waals surface area contributed by atoms with Crippen LogP contribution in [0.1, 0.15) is 47.7 Å². The molecule has 0 unspecified atom stereocenters. The van der Waals surface area contributed by atoms with Gasteiger partial charge >= 0.3 is 6.18 Å². The van der Waals surface area contributed by atoms with E-state index in [1.54, 1.807) is 40.8 Å². The number of carbonyl (C=O) groups is 2. The Bertz CT molecular complexity index is 1240. The molecule has 180 valence electrons. The number of likely N-dealkylation sites (tertiary alicyclic amines) is 1. The zero-order chi connectivity index (χ0) is 24.6. The number of amides is 1. The van der Waals surface area contributed by atoms with Crippen molar-refractivity contribution < 1.29 is 22.8 Å². The van der Waals surface area contributed by atoms with E-state index in [-0.39, 0.29) is 34.6 Å². The fourth-order valence-corrected chi connectivity index (χ4v) is 5.17. The number of benzene rings is 2. The first-order chi connectivity index (χ1) is 16.1. The summed E-state index contributed by atoms with van der Waals surface area (Å²) in [5.74, 6) is 0.206. The van der Waals surface area contributed by atoms with Crippen LogP contribution in [-0.2, 0) is 17.5 Å². The predicted octanol–water partition coefficient (Wildman–Crippen LogP) is 6.85. The number of alkyl halides is 3. The van der Waals surface area contributed by atoms with Gasteiger partial charge in [-0.05, 0) is 56.0 Å². The molecule has 0 spiro atoms. The molecule has 3 aromatic rings. The highest BCUT2D eigenvalue weighted by molar-refractivity contribution is 6.38. The average Bonchev–Trinajstić information content (AvgIpc) is 3.18. The van der Waals surface area contributed by atoms with Crippen LogP contribution in [0.5, 0.6) is 0 Å². The quantitative estimate of drug-likeness (QED) is 0.376. The number of piperidine rings is 1. The number of carbonyl (C=O) groups excluding carboxylic acids is 2. The van der Waals surface area contributed by atoms with Crippen LogP contribution in [0.3, 0.4) is 0 Å². The molecule has 1 fully saturated rings. The largest absolute Gasteiger partial charge is 0.417 e. The van der Waals surface area contributed by atoms with Crippen molar-refractivity contribution in [3.63, 3.8) is 0 Å². The molecule has 1 aromatic heterocycles. The van der Waals surface area contributed by atoms with Crippen molar-refractivity contribution in [2.45, 2.75) is 38.9 Å². The third-order valence-corrected chi connectivity index (χ3v) is 7.13. The van der Waals surface area contributed by atoms with Gasteiger partial charge in [0.15, 0.2) is 0 Å². The molecule has 0 saturated carbocycles. The maximum absolute atomic E-state index is 13.4. The van der Waals surface area contributed by atoms with Gasteiger partial charge in [0.1, 0.15) is 5.78 Å². The lowest BCUT2D eigenvalue weighted by atomic mass is 9.91. The molecule has 2 aromatic carbocycles. The van der Waals surface area contributed by atoms with E-state index in [1.165, 1.54) is 12.1 Å². The summed E-state index contributed by atoms with van der Waals surface area (Å²) in [6.07, 6.45) is -0.888. The molecule has 1 amide bonds. The Labute approximate surface area is 205 Å². The van der Waals surface area contributed by atoms with Gasteiger partial charge < -0.3 is 14.3 Å². The SMILES string of the molecule is CC(=O)CC1CCN(C(=O)c2ccc(Cl)c(Cn3ccc4c(C(F)(F)F)cccc43)c2Cl)CC1. The Morgan fingerprint density at radius 3 is 2.41 bits per heavy atom. The molecule has 1 aliphatic heterocycles. The van der Waals surface area contributed by atoms with Crippen LogP contribution in [0.15, 0.2) is 42.6 Å². The topological polar surface area (TPSA) is 42.3 Å². The van der Waals surface area contributed by atoms with Crippen molar-refractivity contribution in [3.8, 4) is 0 Å². The summed E-state index contributed by atoms with van der Waals surface area (Å²) in [6.45, 7) is 2.76. The van der Waals surface area contributed by atoms with Crippen LogP contribution >= 0.6 is 23.2 Å². The number of Topliss-reactive ketones (excluding diaryl/α,β-unsaturated/α-hetero) is 1. The van der Waals surface area contributed by atoms with Crippen LogP contribution in [0.4, 0.5) is 13.2 Å². The van der Waals surface area contributed by atoms with E-state index >= 15 is 0 Å². The number of hydrogen-bond donors (Lipinski definition) is 0. The zero-order valence-electron chi connectivity index (χ0n) is 18.5. The molecule has 0 N–H and O–H groups in total. The molecule has 0 bridgehead atoms. The summed E-state index contributed by atoms with van der Waals surface area (Å²) in [4.78, 5) is 26.3. The Balaban J connectivity index is 1.60. The van der Waals surface area contributed by atoms with Gasteiger partial charge in [0.25, 0.3) is 5.91 Å². The van der Waals surface area contributed by atoms with Crippen molar-refractivity contribution in [2.75, 3.05) is 13.1 Å². The second kappa shape index (κ2) is 9.62. The molecule has 2 heterocycles. The van der Waals surface area contributed by atoms with Crippen molar-refractivity contribution >= 4 is 45.8 Å². The fourth-order valence-electron chi connectivity index (χ4n) is 4.60. The highest BCUT2D eigenvalue weighted by atomic mass is 35.5. The maximum Gasteiger partial charge on any atom is 0.417 e. The number of fused-ring (bicyclic) bond motifs is 1. The van der Waals surface area contributed by atoms with Gasteiger partial charge in [-0.1, -0.05) is 29.3 Å². The third-order valence-electron chi connectivity index (χ3n) is 6.34. The van der Waals surface area contributed by atoms with E-state index in [1.807, 2.05) is 0 Å². The molecule has 9 heteroatoms. The van der Waals surface area contributed by atoms with Gasteiger partial charge in [-0.25, -0.2) is 0 Å². The number of hydrogen-bond acceptors (Lipinski definition) is 2. The summed E-state index contributed by atoms with van der Waals surface area (Å²) in [6, 6.07) is 8.60. The van der Waals surface area contributed by atoms with Crippen LogP contribution in [0.25, 0.3) is 10.9 Å². The standard InChI is InChI=1S/C25H23Cl2F3N2O2/c1-15(33)13-16-7-10-31(11-8-16)24(34)18-5-6-21(26)19(23(18)27)14-32-12-9-17-20(25(28,29)30)3-2-4-22(17)32/h2-6,9,12,16H,7-8,10-11,13-14H2,1H3. The molecule has 0 atom stereocenters. The van der Waals surface area contributed by atoms with Gasteiger partial charge in [-0.3, -0.25) is 4.79 Å². The molecule has 4 rings (SSSR count). The third kappa shape index (κ3) is 4.96. The van der Waals surface area contributed by atoms with Gasteiger partial charge in [-0.15, -0.1) is 0 Å². The lowest BCUT2D eigenvalue weighted by molar-refractivity contribution is -0.136. The van der Waals surface area contributed by atoms with Gasteiger partial charge in [0.2, 0.25) is 0 Å². The average molecular weight is 511 g/mol. The summed E-state index contributed by atoms with van der Waals surface area (Å²) in [7, 11) is 0. The maximum atomic E-state index is 13.4. The Hall–Kier alpha value is -2.51. The molecular weight excluding hydrogens is 488 g/mol. The molecule has 4 nitrogen and oxygen atoms in total. The molecular formula is C25H23Cl2F3N2O2. The summed E-state index contributed by atoms with van der Waals surface area (Å²) >= 11 is 13.0. The highest BCUT2D eigenvalue weighted by Gasteiger charge is 2.33. The number of nitrogens with zero attached hydrogens (tertiary/aromatic N) is 2. The molecule has 0 radical (unpaired) electrons. The minimum atomic E-state index is -4.47. The van der Waals surface area contributed by atoms with E-state index in [9.17, 15) is 22.8 Å². The molecule has 0 aliphatic carbocycles. The first-order valence-electron chi connectivity index (χ1n) is 11.0. The lowest BCUT2D eigenvalue weighted by Gasteiger charge is -2.32. The van der Waals surface area contributed by atoms with Crippen molar-refractivity contribution in [1.29, 1.82) is 0 Å². The van der Waals surface area contributed by atoms with E-state index in [4.69, 9.17) is 23.2 Å². The van der Waals surface area contributed by atoms with Gasteiger partial charge in [0, 0.05) is 47.2 Å². The van der Waals surface area contributed by atoms with Crippen LogP contribution in [0, 0.1) is 5.92 Å². The van der Waals surface area contributed by atoms with E-state index in [2.05, 4.69) is 0 Å². The Morgan fingerprint density at radius 1 is 1.06 bits per heavy atom. The summed E-state index contributed by atoms with van der Waals surface area (Å²) < 4.78 is 41.8. The smallest absolute Gasteiger partial charge is 0.343 e.